The highest BCUT2D eigenvalue weighted by atomic mass is 19.1. The Morgan fingerprint density at radius 3 is 2.50 bits per heavy atom. The molecule has 1 aliphatic rings. The van der Waals surface area contributed by atoms with Crippen LogP contribution < -0.4 is 10.2 Å². The van der Waals surface area contributed by atoms with E-state index in [-0.39, 0.29) is 11.7 Å². The number of halogens is 1. The first-order valence-corrected chi connectivity index (χ1v) is 9.96. The Kier molecular flexibility index (Phi) is 6.79. The van der Waals surface area contributed by atoms with Crippen LogP contribution in [0.3, 0.4) is 0 Å². The van der Waals surface area contributed by atoms with E-state index in [1.165, 1.54) is 18.6 Å². The summed E-state index contributed by atoms with van der Waals surface area (Å²) in [5.74, 6) is 0.988. The monoisotopic (exact) mass is 385 g/mol. The average molecular weight is 385 g/mol. The highest BCUT2D eigenvalue weighted by Crippen LogP contribution is 2.18. The topological polar surface area (TPSA) is 61.4 Å². The van der Waals surface area contributed by atoms with Crippen LogP contribution in [0.1, 0.15) is 42.5 Å². The average Bonchev–Trinajstić information content (AvgIpc) is 2.71. The number of hydrogen-bond acceptors (Lipinski definition) is 5. The van der Waals surface area contributed by atoms with Crippen LogP contribution >= 0.6 is 0 Å². The molecule has 1 amide bonds. The molecule has 0 radical (unpaired) electrons. The van der Waals surface area contributed by atoms with Gasteiger partial charge in [0.2, 0.25) is 0 Å². The summed E-state index contributed by atoms with van der Waals surface area (Å²) in [5, 5.41) is 3.29. The number of nitrogens with one attached hydrogen (secondary N) is 1. The number of rotatable bonds is 7. The first-order valence-electron chi connectivity index (χ1n) is 9.96. The van der Waals surface area contributed by atoms with Gasteiger partial charge in [-0.2, -0.15) is 0 Å². The van der Waals surface area contributed by atoms with Gasteiger partial charge >= 0.3 is 0 Å². The molecule has 1 aromatic heterocycles. The molecule has 1 N–H and O–H groups in total. The maximum atomic E-state index is 13.1. The van der Waals surface area contributed by atoms with Crippen molar-refractivity contribution in [3.05, 3.63) is 47.7 Å². The number of unbranched alkanes of at least 4 members (excludes halogenated alkanes) is 2. The summed E-state index contributed by atoms with van der Waals surface area (Å²) in [6, 6.07) is 8.22. The predicted octanol–water partition coefficient (Wildman–Crippen LogP) is 3.49. The van der Waals surface area contributed by atoms with E-state index in [4.69, 9.17) is 0 Å². The molecule has 2 heterocycles. The predicted molar refractivity (Wildman–Crippen MR) is 109 cm³/mol. The Morgan fingerprint density at radius 1 is 1.11 bits per heavy atom. The molecule has 1 aliphatic heterocycles. The van der Waals surface area contributed by atoms with E-state index in [0.717, 1.165) is 25.1 Å². The van der Waals surface area contributed by atoms with Gasteiger partial charge in [-0.25, -0.2) is 14.4 Å². The van der Waals surface area contributed by atoms with Crippen molar-refractivity contribution in [3.63, 3.8) is 0 Å². The minimum absolute atomic E-state index is 0.0686. The Labute approximate surface area is 165 Å². The zero-order valence-electron chi connectivity index (χ0n) is 16.6. The van der Waals surface area contributed by atoms with E-state index >= 15 is 0 Å². The van der Waals surface area contributed by atoms with E-state index in [1.807, 2.05) is 4.90 Å². The van der Waals surface area contributed by atoms with Gasteiger partial charge in [-0.05, 0) is 37.6 Å². The first kappa shape index (κ1) is 20.0. The molecule has 0 aliphatic carbocycles. The molecule has 0 saturated carbocycles. The van der Waals surface area contributed by atoms with Gasteiger partial charge in [0, 0.05) is 44.5 Å². The number of hydrogen-bond donors (Lipinski definition) is 1. The van der Waals surface area contributed by atoms with Gasteiger partial charge in [-0.3, -0.25) is 4.79 Å². The van der Waals surface area contributed by atoms with Crippen LogP contribution in [0.15, 0.2) is 30.3 Å². The molecule has 1 fully saturated rings. The van der Waals surface area contributed by atoms with E-state index < -0.39 is 0 Å². The van der Waals surface area contributed by atoms with Crippen molar-refractivity contribution >= 4 is 17.4 Å². The van der Waals surface area contributed by atoms with Crippen LogP contribution in [0.5, 0.6) is 0 Å². The molecule has 1 saturated heterocycles. The van der Waals surface area contributed by atoms with Gasteiger partial charge in [0.15, 0.2) is 0 Å². The van der Waals surface area contributed by atoms with Crippen molar-refractivity contribution in [2.45, 2.75) is 33.1 Å². The summed E-state index contributed by atoms with van der Waals surface area (Å²) in [4.78, 5) is 25.6. The molecule has 7 heteroatoms. The standard InChI is InChI=1S/C21H28FN5O/c1-3-4-5-10-23-20-15-19(24-16(2)25-20)21(28)27-13-11-26(12-14-27)18-8-6-17(22)7-9-18/h6-9,15H,3-5,10-14H2,1-2H3,(H,23,24,25). The van der Waals surface area contributed by atoms with E-state index in [0.29, 0.717) is 43.5 Å². The maximum Gasteiger partial charge on any atom is 0.272 e. The Hall–Kier alpha value is -2.70. The number of carbonyl (C=O) groups is 1. The summed E-state index contributed by atoms with van der Waals surface area (Å²) < 4.78 is 13.1. The number of nitrogens with zero attached hydrogens (tertiary/aromatic N) is 4. The van der Waals surface area contributed by atoms with Crippen LogP contribution in [-0.4, -0.2) is 53.5 Å². The lowest BCUT2D eigenvalue weighted by Crippen LogP contribution is -2.49. The van der Waals surface area contributed by atoms with Crippen molar-refractivity contribution < 1.29 is 9.18 Å². The summed E-state index contributed by atoms with van der Waals surface area (Å²) >= 11 is 0. The number of carbonyl (C=O) groups excluding carboxylic acids is 1. The van der Waals surface area contributed by atoms with Crippen LogP contribution in [0, 0.1) is 12.7 Å². The second kappa shape index (κ2) is 9.48. The molecule has 3 rings (SSSR count). The molecular formula is C21H28FN5O. The number of aromatic nitrogens is 2. The maximum absolute atomic E-state index is 13.1. The van der Waals surface area contributed by atoms with Gasteiger partial charge in [-0.1, -0.05) is 19.8 Å². The van der Waals surface area contributed by atoms with Crippen molar-refractivity contribution in [3.8, 4) is 0 Å². The zero-order valence-corrected chi connectivity index (χ0v) is 16.6. The summed E-state index contributed by atoms with van der Waals surface area (Å²) in [5.41, 5.74) is 1.41. The van der Waals surface area contributed by atoms with Crippen molar-refractivity contribution in [2.24, 2.45) is 0 Å². The number of aryl methyl sites for hydroxylation is 1. The third-order valence-corrected chi connectivity index (χ3v) is 4.90. The molecule has 28 heavy (non-hydrogen) atoms. The molecule has 6 nitrogen and oxygen atoms in total. The molecule has 150 valence electrons. The van der Waals surface area contributed by atoms with Crippen LogP contribution in [0.4, 0.5) is 15.9 Å². The molecule has 0 bridgehead atoms. The normalized spacial score (nSPS) is 14.2. The second-order valence-corrected chi connectivity index (χ2v) is 7.08. The largest absolute Gasteiger partial charge is 0.370 e. The second-order valence-electron chi connectivity index (χ2n) is 7.08. The van der Waals surface area contributed by atoms with Crippen molar-refractivity contribution in [2.75, 3.05) is 42.9 Å². The number of piperazine rings is 1. The fraction of sp³-hybridized carbons (Fsp3) is 0.476. The SMILES string of the molecule is CCCCCNc1cc(C(=O)N2CCN(c3ccc(F)cc3)CC2)nc(C)n1. The molecule has 0 unspecified atom stereocenters. The first-order chi connectivity index (χ1) is 13.6. The fourth-order valence-corrected chi connectivity index (χ4v) is 3.34. The highest BCUT2D eigenvalue weighted by Gasteiger charge is 2.24. The molecule has 0 spiro atoms. The van der Waals surface area contributed by atoms with E-state index in [2.05, 4.69) is 27.1 Å². The zero-order chi connectivity index (χ0) is 19.9. The van der Waals surface area contributed by atoms with E-state index in [1.54, 1.807) is 25.1 Å². The van der Waals surface area contributed by atoms with E-state index in [9.17, 15) is 9.18 Å². The van der Waals surface area contributed by atoms with Gasteiger partial charge in [-0.15, -0.1) is 0 Å². The summed E-state index contributed by atoms with van der Waals surface area (Å²) in [7, 11) is 0. The Bertz CT molecular complexity index is 788. The molecular weight excluding hydrogens is 357 g/mol. The molecule has 1 aromatic carbocycles. The summed E-state index contributed by atoms with van der Waals surface area (Å²) in [6.07, 6.45) is 3.41. The Morgan fingerprint density at radius 2 is 1.82 bits per heavy atom. The van der Waals surface area contributed by atoms with Gasteiger partial charge in [0.1, 0.15) is 23.2 Å². The highest BCUT2D eigenvalue weighted by molar-refractivity contribution is 5.93. The third kappa shape index (κ3) is 5.18. The minimum Gasteiger partial charge on any atom is -0.370 e. The summed E-state index contributed by atoms with van der Waals surface area (Å²) in [6.45, 7) is 7.46. The van der Waals surface area contributed by atoms with Gasteiger partial charge in [0.25, 0.3) is 5.91 Å². The van der Waals surface area contributed by atoms with Gasteiger partial charge in [0.05, 0.1) is 0 Å². The number of anilines is 2. The smallest absolute Gasteiger partial charge is 0.272 e. The van der Waals surface area contributed by atoms with Crippen LogP contribution in [0.25, 0.3) is 0 Å². The number of amides is 1. The minimum atomic E-state index is -0.240. The lowest BCUT2D eigenvalue weighted by molar-refractivity contribution is 0.0740. The molecule has 0 atom stereocenters. The lowest BCUT2D eigenvalue weighted by Gasteiger charge is -2.36. The van der Waals surface area contributed by atoms with Crippen molar-refractivity contribution in [1.29, 1.82) is 0 Å². The quantitative estimate of drug-likeness (QED) is 0.740. The Balaban J connectivity index is 1.59. The number of benzene rings is 1. The van der Waals surface area contributed by atoms with Gasteiger partial charge < -0.3 is 15.1 Å². The molecule has 2 aromatic rings. The fourth-order valence-electron chi connectivity index (χ4n) is 3.34. The lowest BCUT2D eigenvalue weighted by atomic mass is 10.2. The van der Waals surface area contributed by atoms with Crippen LogP contribution in [-0.2, 0) is 0 Å². The third-order valence-electron chi connectivity index (χ3n) is 4.90. The van der Waals surface area contributed by atoms with Crippen LogP contribution in [0.2, 0.25) is 0 Å². The van der Waals surface area contributed by atoms with Crippen molar-refractivity contribution in [1.82, 2.24) is 14.9 Å².